The van der Waals surface area contributed by atoms with Crippen molar-refractivity contribution in [3.8, 4) is 0 Å². The molecule has 116 valence electrons. The Kier molecular flexibility index (Phi) is 4.50. The molecule has 0 aliphatic heterocycles. The van der Waals surface area contributed by atoms with Crippen LogP contribution in [0.1, 0.15) is 15.9 Å². The van der Waals surface area contributed by atoms with Gasteiger partial charge in [-0.25, -0.2) is 4.39 Å². The molecule has 0 atom stereocenters. The minimum absolute atomic E-state index is 0.283. The lowest BCUT2D eigenvalue weighted by atomic mass is 10.1. The maximum absolute atomic E-state index is 13.0. The fraction of sp³-hybridized carbons (Fsp3) is 0.188. The van der Waals surface area contributed by atoms with Crippen molar-refractivity contribution in [3.05, 3.63) is 53.3 Å². The first-order chi connectivity index (χ1) is 10.4. The average molecular weight is 302 g/mol. The molecule has 0 spiro atoms. The molecule has 0 unspecified atom stereocenters. The summed E-state index contributed by atoms with van der Waals surface area (Å²) in [6, 6.07) is 9.54. The molecule has 22 heavy (non-hydrogen) atoms. The fourth-order valence-electron chi connectivity index (χ4n) is 2.28. The highest BCUT2D eigenvalue weighted by molar-refractivity contribution is 6.01. The van der Waals surface area contributed by atoms with E-state index in [1.807, 2.05) is 11.9 Å². The predicted molar refractivity (Wildman–Crippen MR) is 87.4 cm³/mol. The van der Waals surface area contributed by atoms with E-state index in [4.69, 9.17) is 11.5 Å². The van der Waals surface area contributed by atoms with E-state index in [9.17, 15) is 9.18 Å². The van der Waals surface area contributed by atoms with E-state index in [1.54, 1.807) is 31.3 Å². The third kappa shape index (κ3) is 3.28. The molecule has 0 saturated carbocycles. The molecule has 5 N–H and O–H groups in total. The van der Waals surface area contributed by atoms with Gasteiger partial charge in [-0.2, -0.15) is 0 Å². The summed E-state index contributed by atoms with van der Waals surface area (Å²) in [5.74, 6) is -0.829. The summed E-state index contributed by atoms with van der Waals surface area (Å²) in [6.45, 7) is 0.508. The molecule has 0 fully saturated rings. The molecule has 0 saturated heterocycles. The second kappa shape index (κ2) is 6.34. The van der Waals surface area contributed by atoms with Gasteiger partial charge in [-0.15, -0.1) is 0 Å². The summed E-state index contributed by atoms with van der Waals surface area (Å²) >= 11 is 0. The molecule has 0 aliphatic carbocycles. The van der Waals surface area contributed by atoms with E-state index in [1.165, 1.54) is 12.1 Å². The first-order valence-electron chi connectivity index (χ1n) is 6.79. The van der Waals surface area contributed by atoms with Gasteiger partial charge in [0.2, 0.25) is 0 Å². The van der Waals surface area contributed by atoms with Crippen LogP contribution in [0.3, 0.4) is 0 Å². The predicted octanol–water partition coefficient (Wildman–Crippen LogP) is 2.18. The van der Waals surface area contributed by atoms with Crippen LogP contribution in [0, 0.1) is 5.82 Å². The number of nitrogens with one attached hydrogen (secondary N) is 1. The summed E-state index contributed by atoms with van der Waals surface area (Å²) < 4.78 is 13.0. The number of anilines is 3. The van der Waals surface area contributed by atoms with Crippen molar-refractivity contribution in [2.75, 3.05) is 30.0 Å². The van der Waals surface area contributed by atoms with Gasteiger partial charge in [-0.1, -0.05) is 12.1 Å². The third-order valence-electron chi connectivity index (χ3n) is 3.45. The van der Waals surface area contributed by atoms with Crippen LogP contribution in [0.5, 0.6) is 0 Å². The van der Waals surface area contributed by atoms with Crippen molar-refractivity contribution in [3.63, 3.8) is 0 Å². The SMILES string of the molecule is CNc1cc(N(C)Cc2ccc(F)cc2)c(C(N)=O)cc1N. The van der Waals surface area contributed by atoms with Crippen LogP contribution in [0.15, 0.2) is 36.4 Å². The number of primary amides is 1. The summed E-state index contributed by atoms with van der Waals surface area (Å²) in [6.07, 6.45) is 0. The van der Waals surface area contributed by atoms with Crippen molar-refractivity contribution < 1.29 is 9.18 Å². The minimum Gasteiger partial charge on any atom is -0.397 e. The van der Waals surface area contributed by atoms with Crippen LogP contribution in [-0.4, -0.2) is 20.0 Å². The van der Waals surface area contributed by atoms with Gasteiger partial charge in [-0.05, 0) is 29.8 Å². The number of carbonyl (C=O) groups is 1. The second-order valence-electron chi connectivity index (χ2n) is 5.05. The van der Waals surface area contributed by atoms with Gasteiger partial charge in [-0.3, -0.25) is 4.79 Å². The Morgan fingerprint density at radius 3 is 2.45 bits per heavy atom. The highest BCUT2D eigenvalue weighted by atomic mass is 19.1. The summed E-state index contributed by atoms with van der Waals surface area (Å²) in [5, 5.41) is 2.97. The Morgan fingerprint density at radius 1 is 1.27 bits per heavy atom. The highest BCUT2D eigenvalue weighted by Crippen LogP contribution is 2.30. The van der Waals surface area contributed by atoms with Crippen molar-refractivity contribution in [1.29, 1.82) is 0 Å². The number of halogens is 1. The van der Waals surface area contributed by atoms with Crippen LogP contribution in [0.25, 0.3) is 0 Å². The first-order valence-corrected chi connectivity index (χ1v) is 6.79. The minimum atomic E-state index is -0.546. The van der Waals surface area contributed by atoms with Gasteiger partial charge >= 0.3 is 0 Å². The van der Waals surface area contributed by atoms with Crippen LogP contribution >= 0.6 is 0 Å². The summed E-state index contributed by atoms with van der Waals surface area (Å²) in [4.78, 5) is 13.5. The van der Waals surface area contributed by atoms with Gasteiger partial charge in [0.15, 0.2) is 0 Å². The second-order valence-corrected chi connectivity index (χ2v) is 5.05. The van der Waals surface area contributed by atoms with E-state index in [0.717, 1.165) is 5.56 Å². The third-order valence-corrected chi connectivity index (χ3v) is 3.45. The largest absolute Gasteiger partial charge is 0.397 e. The molecule has 2 aromatic rings. The molecule has 6 heteroatoms. The number of benzene rings is 2. The van der Waals surface area contributed by atoms with Gasteiger partial charge in [0, 0.05) is 20.6 Å². The number of amides is 1. The average Bonchev–Trinajstić information content (AvgIpc) is 2.49. The Balaban J connectivity index is 2.36. The highest BCUT2D eigenvalue weighted by Gasteiger charge is 2.15. The molecule has 0 aromatic heterocycles. The van der Waals surface area contributed by atoms with Gasteiger partial charge in [0.25, 0.3) is 5.91 Å². The van der Waals surface area contributed by atoms with E-state index in [0.29, 0.717) is 29.2 Å². The molecule has 5 nitrogen and oxygen atoms in total. The normalized spacial score (nSPS) is 10.3. The Bertz CT molecular complexity index is 685. The number of carbonyl (C=O) groups excluding carboxylic acids is 1. The van der Waals surface area contributed by atoms with Gasteiger partial charge in [0.1, 0.15) is 5.82 Å². The standard InChI is InChI=1S/C16H19FN4O/c1-20-14-8-15(12(16(19)22)7-13(14)18)21(2)9-10-3-5-11(17)6-4-10/h3-8,20H,9,18H2,1-2H3,(H2,19,22). The fourth-order valence-corrected chi connectivity index (χ4v) is 2.28. The van der Waals surface area contributed by atoms with Crippen molar-refractivity contribution in [2.24, 2.45) is 5.73 Å². The quantitative estimate of drug-likeness (QED) is 0.739. The lowest BCUT2D eigenvalue weighted by molar-refractivity contribution is 0.100. The van der Waals surface area contributed by atoms with E-state index < -0.39 is 5.91 Å². The van der Waals surface area contributed by atoms with E-state index in [-0.39, 0.29) is 5.82 Å². The maximum Gasteiger partial charge on any atom is 0.250 e. The number of rotatable bonds is 5. The van der Waals surface area contributed by atoms with Crippen molar-refractivity contribution in [2.45, 2.75) is 6.54 Å². The lowest BCUT2D eigenvalue weighted by Gasteiger charge is -2.23. The summed E-state index contributed by atoms with van der Waals surface area (Å²) in [5.41, 5.74) is 14.4. The lowest BCUT2D eigenvalue weighted by Crippen LogP contribution is -2.22. The molecule has 1 amide bonds. The van der Waals surface area contributed by atoms with Gasteiger partial charge in [0.05, 0.1) is 22.6 Å². The molecule has 0 radical (unpaired) electrons. The Hall–Kier alpha value is -2.76. The number of nitrogen functional groups attached to an aromatic ring is 1. The number of nitrogens with two attached hydrogens (primary N) is 2. The smallest absolute Gasteiger partial charge is 0.250 e. The molecular formula is C16H19FN4O. The zero-order chi connectivity index (χ0) is 16.3. The van der Waals surface area contributed by atoms with Crippen LogP contribution in [0.4, 0.5) is 21.5 Å². The van der Waals surface area contributed by atoms with E-state index >= 15 is 0 Å². The zero-order valence-electron chi connectivity index (χ0n) is 12.6. The number of hydrogen-bond donors (Lipinski definition) is 3. The molecule has 2 aromatic carbocycles. The Labute approximate surface area is 128 Å². The zero-order valence-corrected chi connectivity index (χ0v) is 12.6. The van der Waals surface area contributed by atoms with Crippen molar-refractivity contribution in [1.82, 2.24) is 0 Å². The van der Waals surface area contributed by atoms with Crippen molar-refractivity contribution >= 4 is 23.0 Å². The van der Waals surface area contributed by atoms with Gasteiger partial charge < -0.3 is 21.7 Å². The Morgan fingerprint density at radius 2 is 1.91 bits per heavy atom. The molecule has 2 rings (SSSR count). The van der Waals surface area contributed by atoms with E-state index in [2.05, 4.69) is 5.32 Å². The first kappa shape index (κ1) is 15.6. The molecule has 0 aliphatic rings. The monoisotopic (exact) mass is 302 g/mol. The topological polar surface area (TPSA) is 84.4 Å². The maximum atomic E-state index is 13.0. The van der Waals surface area contributed by atoms with Crippen LogP contribution < -0.4 is 21.7 Å². The van der Waals surface area contributed by atoms with Crippen LogP contribution in [0.2, 0.25) is 0 Å². The molecule has 0 bridgehead atoms. The van der Waals surface area contributed by atoms with Crippen LogP contribution in [-0.2, 0) is 6.54 Å². The molecule has 0 heterocycles. The number of nitrogens with zero attached hydrogens (tertiary/aromatic N) is 1. The molecular weight excluding hydrogens is 283 g/mol. The number of hydrogen-bond acceptors (Lipinski definition) is 4. The summed E-state index contributed by atoms with van der Waals surface area (Å²) in [7, 11) is 3.58.